The van der Waals surface area contributed by atoms with E-state index in [0.29, 0.717) is 34.7 Å². The Morgan fingerprint density at radius 3 is 2.84 bits per heavy atom. The van der Waals surface area contributed by atoms with Gasteiger partial charge in [-0.3, -0.25) is 4.98 Å². The van der Waals surface area contributed by atoms with Gasteiger partial charge in [-0.1, -0.05) is 16.8 Å². The van der Waals surface area contributed by atoms with Crippen LogP contribution >= 0.6 is 22.9 Å². The summed E-state index contributed by atoms with van der Waals surface area (Å²) in [6, 6.07) is 3.44. The molecule has 3 rings (SSSR count). The third kappa shape index (κ3) is 2.48. The zero-order chi connectivity index (χ0) is 13.2. The van der Waals surface area contributed by atoms with Crippen molar-refractivity contribution >= 4 is 22.9 Å². The van der Waals surface area contributed by atoms with Crippen molar-refractivity contribution in [1.82, 2.24) is 20.1 Å². The van der Waals surface area contributed by atoms with Crippen molar-refractivity contribution in [2.24, 2.45) is 5.73 Å². The van der Waals surface area contributed by atoms with E-state index in [9.17, 15) is 0 Å². The van der Waals surface area contributed by atoms with Crippen molar-refractivity contribution < 1.29 is 4.52 Å². The first kappa shape index (κ1) is 12.2. The van der Waals surface area contributed by atoms with E-state index in [4.69, 9.17) is 21.9 Å². The quantitative estimate of drug-likeness (QED) is 0.797. The molecule has 0 spiro atoms. The number of thiazole rings is 1. The van der Waals surface area contributed by atoms with E-state index in [2.05, 4.69) is 20.1 Å². The van der Waals surface area contributed by atoms with Crippen LogP contribution in [0.25, 0.3) is 23.1 Å². The van der Waals surface area contributed by atoms with E-state index < -0.39 is 0 Å². The SMILES string of the molecule is NCc1nc(-c2nc(-c3ccc(Cl)cn3)no2)cs1. The Bertz CT molecular complexity index is 693. The average molecular weight is 294 g/mol. The maximum absolute atomic E-state index is 5.77. The molecule has 2 N–H and O–H groups in total. The van der Waals surface area contributed by atoms with Crippen LogP contribution in [0.3, 0.4) is 0 Å². The normalized spacial score (nSPS) is 10.8. The molecule has 0 atom stereocenters. The van der Waals surface area contributed by atoms with Gasteiger partial charge in [0.25, 0.3) is 5.89 Å². The highest BCUT2D eigenvalue weighted by Gasteiger charge is 2.14. The van der Waals surface area contributed by atoms with Gasteiger partial charge in [-0.15, -0.1) is 11.3 Å². The molecule has 3 aromatic rings. The monoisotopic (exact) mass is 293 g/mol. The first-order valence-corrected chi connectivity index (χ1v) is 6.62. The Morgan fingerprint density at radius 1 is 1.26 bits per heavy atom. The van der Waals surface area contributed by atoms with Crippen LogP contribution in [-0.2, 0) is 6.54 Å². The summed E-state index contributed by atoms with van der Waals surface area (Å²) in [6.45, 7) is 0.393. The number of nitrogens with two attached hydrogens (primary N) is 1. The lowest BCUT2D eigenvalue weighted by atomic mass is 10.3. The van der Waals surface area contributed by atoms with Gasteiger partial charge in [0.05, 0.1) is 5.02 Å². The van der Waals surface area contributed by atoms with E-state index in [0.717, 1.165) is 5.01 Å². The fourth-order valence-electron chi connectivity index (χ4n) is 1.44. The van der Waals surface area contributed by atoms with Gasteiger partial charge in [-0.25, -0.2) is 4.98 Å². The summed E-state index contributed by atoms with van der Waals surface area (Å²) in [7, 11) is 0. The third-order valence-corrected chi connectivity index (χ3v) is 3.42. The van der Waals surface area contributed by atoms with Crippen molar-refractivity contribution in [3.63, 3.8) is 0 Å². The zero-order valence-electron chi connectivity index (χ0n) is 9.58. The van der Waals surface area contributed by atoms with Crippen LogP contribution in [-0.4, -0.2) is 20.1 Å². The second-order valence-corrected chi connectivity index (χ2v) is 4.99. The first-order valence-electron chi connectivity index (χ1n) is 5.37. The van der Waals surface area contributed by atoms with E-state index in [1.807, 2.05) is 5.38 Å². The van der Waals surface area contributed by atoms with E-state index >= 15 is 0 Å². The van der Waals surface area contributed by atoms with Crippen LogP contribution in [0.4, 0.5) is 0 Å². The third-order valence-electron chi connectivity index (χ3n) is 2.33. The predicted octanol–water partition coefficient (Wildman–Crippen LogP) is 2.37. The number of nitrogens with zero attached hydrogens (tertiary/aromatic N) is 4. The molecule has 0 aliphatic carbocycles. The van der Waals surface area contributed by atoms with Crippen molar-refractivity contribution in [3.05, 3.63) is 33.7 Å². The smallest absolute Gasteiger partial charge is 0.277 e. The topological polar surface area (TPSA) is 90.7 Å². The predicted molar refractivity (Wildman–Crippen MR) is 71.5 cm³/mol. The van der Waals surface area contributed by atoms with Crippen LogP contribution in [0.5, 0.6) is 0 Å². The largest absolute Gasteiger partial charge is 0.332 e. The minimum atomic E-state index is 0.350. The molecule has 0 radical (unpaired) electrons. The molecule has 6 nitrogen and oxygen atoms in total. The molecular weight excluding hydrogens is 286 g/mol. The highest BCUT2D eigenvalue weighted by molar-refractivity contribution is 7.09. The Hall–Kier alpha value is -1.83. The Balaban J connectivity index is 1.92. The van der Waals surface area contributed by atoms with Gasteiger partial charge in [0.15, 0.2) is 0 Å². The maximum Gasteiger partial charge on any atom is 0.277 e. The number of pyridine rings is 1. The Labute approximate surface area is 117 Å². The number of aromatic nitrogens is 4. The molecule has 3 aromatic heterocycles. The van der Waals surface area contributed by atoms with Gasteiger partial charge >= 0.3 is 0 Å². The van der Waals surface area contributed by atoms with E-state index in [-0.39, 0.29) is 0 Å². The van der Waals surface area contributed by atoms with Gasteiger partial charge in [0.1, 0.15) is 16.4 Å². The lowest BCUT2D eigenvalue weighted by Gasteiger charge is -1.92. The summed E-state index contributed by atoms with van der Waals surface area (Å²) in [5, 5.41) is 7.07. The van der Waals surface area contributed by atoms with Crippen molar-refractivity contribution in [2.75, 3.05) is 0 Å². The van der Waals surface area contributed by atoms with Gasteiger partial charge in [-0.05, 0) is 12.1 Å². The molecule has 0 fully saturated rings. The number of hydrogen-bond donors (Lipinski definition) is 1. The molecular formula is C11H8ClN5OS. The van der Waals surface area contributed by atoms with E-state index in [1.165, 1.54) is 17.5 Å². The highest BCUT2D eigenvalue weighted by atomic mass is 35.5. The van der Waals surface area contributed by atoms with Crippen LogP contribution < -0.4 is 5.73 Å². The molecule has 0 aliphatic rings. The fourth-order valence-corrected chi connectivity index (χ4v) is 2.20. The second-order valence-electron chi connectivity index (χ2n) is 3.62. The lowest BCUT2D eigenvalue weighted by molar-refractivity contribution is 0.431. The van der Waals surface area contributed by atoms with Crippen molar-refractivity contribution in [3.8, 4) is 23.1 Å². The summed E-state index contributed by atoms with van der Waals surface area (Å²) in [5.41, 5.74) is 6.73. The molecule has 3 heterocycles. The van der Waals surface area contributed by atoms with Gasteiger partial charge in [0, 0.05) is 18.1 Å². The summed E-state index contributed by atoms with van der Waals surface area (Å²) in [5.74, 6) is 0.747. The summed E-state index contributed by atoms with van der Waals surface area (Å²) in [6.07, 6.45) is 1.53. The van der Waals surface area contributed by atoms with Gasteiger partial charge in [-0.2, -0.15) is 4.98 Å². The molecule has 0 bridgehead atoms. The van der Waals surface area contributed by atoms with Crippen LogP contribution in [0.15, 0.2) is 28.2 Å². The molecule has 96 valence electrons. The molecule has 0 amide bonds. The first-order chi connectivity index (χ1) is 9.26. The fraction of sp³-hybridized carbons (Fsp3) is 0.0909. The van der Waals surface area contributed by atoms with Crippen molar-refractivity contribution in [2.45, 2.75) is 6.54 Å². The van der Waals surface area contributed by atoms with Crippen LogP contribution in [0, 0.1) is 0 Å². The van der Waals surface area contributed by atoms with Crippen molar-refractivity contribution in [1.29, 1.82) is 0 Å². The molecule has 8 heteroatoms. The molecule has 19 heavy (non-hydrogen) atoms. The second kappa shape index (κ2) is 5.04. The summed E-state index contributed by atoms with van der Waals surface area (Å²) < 4.78 is 5.16. The number of hydrogen-bond acceptors (Lipinski definition) is 7. The lowest BCUT2D eigenvalue weighted by Crippen LogP contribution is -1.94. The maximum atomic E-state index is 5.77. The molecule has 0 saturated carbocycles. The van der Waals surface area contributed by atoms with Crippen LogP contribution in [0.1, 0.15) is 5.01 Å². The zero-order valence-corrected chi connectivity index (χ0v) is 11.1. The molecule has 0 aromatic carbocycles. The molecule has 0 saturated heterocycles. The molecule has 0 unspecified atom stereocenters. The van der Waals surface area contributed by atoms with Crippen LogP contribution in [0.2, 0.25) is 5.02 Å². The van der Waals surface area contributed by atoms with Gasteiger partial charge < -0.3 is 10.3 Å². The Kier molecular flexibility index (Phi) is 3.24. The minimum Gasteiger partial charge on any atom is -0.332 e. The highest BCUT2D eigenvalue weighted by Crippen LogP contribution is 2.23. The Morgan fingerprint density at radius 2 is 2.16 bits per heavy atom. The number of halogens is 1. The number of rotatable bonds is 3. The summed E-state index contributed by atoms with van der Waals surface area (Å²) >= 11 is 7.23. The van der Waals surface area contributed by atoms with Gasteiger partial charge in [0.2, 0.25) is 5.82 Å². The minimum absolute atomic E-state index is 0.350. The average Bonchev–Trinajstić information content (AvgIpc) is 3.08. The summed E-state index contributed by atoms with van der Waals surface area (Å²) in [4.78, 5) is 12.6. The standard InChI is InChI=1S/C11H8ClN5OS/c12-6-1-2-7(14-4-6)10-16-11(18-17-10)8-5-19-9(3-13)15-8/h1-2,4-5H,3,13H2. The van der Waals surface area contributed by atoms with E-state index in [1.54, 1.807) is 12.1 Å². The molecule has 0 aliphatic heterocycles.